The topological polar surface area (TPSA) is 70.5 Å². The maximum absolute atomic E-state index is 12.6. The summed E-state index contributed by atoms with van der Waals surface area (Å²) in [7, 11) is 0. The van der Waals surface area contributed by atoms with Crippen molar-refractivity contribution in [1.82, 2.24) is 24.7 Å². The van der Waals surface area contributed by atoms with Crippen molar-refractivity contribution < 1.29 is 4.79 Å². The van der Waals surface area contributed by atoms with Crippen LogP contribution in [-0.4, -0.2) is 71.1 Å². The fraction of sp³-hybridized carbons (Fsp3) is 0.571. The molecule has 0 atom stereocenters. The van der Waals surface area contributed by atoms with E-state index in [1.165, 1.54) is 0 Å². The molecule has 1 aromatic carbocycles. The number of carbonyl (C=O) groups is 1. The highest BCUT2D eigenvalue weighted by Gasteiger charge is 2.16. The molecule has 3 rings (SSSR count). The van der Waals surface area contributed by atoms with E-state index in [0.717, 1.165) is 55.9 Å². The van der Waals surface area contributed by atoms with Gasteiger partial charge in [-0.15, -0.1) is 0 Å². The number of piperazine rings is 1. The monoisotopic (exact) mass is 385 g/mol. The minimum Gasteiger partial charge on any atom is -0.353 e. The molecule has 1 aliphatic rings. The number of rotatable bonds is 6. The van der Waals surface area contributed by atoms with Crippen LogP contribution in [0.2, 0.25) is 0 Å². The number of amides is 1. The van der Waals surface area contributed by atoms with Gasteiger partial charge in [-0.3, -0.25) is 19.1 Å². The Morgan fingerprint density at radius 3 is 2.39 bits per heavy atom. The number of carbonyl (C=O) groups excluding carboxylic acids is 1. The number of nitrogens with one attached hydrogen (secondary N) is 1. The molecular weight excluding hydrogens is 354 g/mol. The van der Waals surface area contributed by atoms with Crippen LogP contribution in [0.5, 0.6) is 0 Å². The SMILES string of the molecule is CCN1CCN(CCNC(=O)Cn2c(=O)c(C)nc3cc(C)c(C)cc32)CC1. The van der Waals surface area contributed by atoms with Crippen LogP contribution in [0, 0.1) is 20.8 Å². The summed E-state index contributed by atoms with van der Waals surface area (Å²) in [6.45, 7) is 14.7. The first-order valence-electron chi connectivity index (χ1n) is 10.1. The maximum Gasteiger partial charge on any atom is 0.272 e. The molecule has 1 amide bonds. The molecule has 0 spiro atoms. The fourth-order valence-corrected chi connectivity index (χ4v) is 3.66. The van der Waals surface area contributed by atoms with E-state index in [9.17, 15) is 9.59 Å². The first kappa shape index (κ1) is 20.5. The predicted octanol–water partition coefficient (Wildman–Crippen LogP) is 1.08. The Labute approximate surface area is 166 Å². The minimum atomic E-state index is -0.207. The van der Waals surface area contributed by atoms with Gasteiger partial charge in [0, 0.05) is 39.3 Å². The van der Waals surface area contributed by atoms with Crippen LogP contribution < -0.4 is 10.9 Å². The van der Waals surface area contributed by atoms with Crippen LogP contribution in [0.3, 0.4) is 0 Å². The van der Waals surface area contributed by atoms with E-state index in [2.05, 4.69) is 27.0 Å². The lowest BCUT2D eigenvalue weighted by Crippen LogP contribution is -2.48. The Morgan fingerprint density at radius 2 is 1.71 bits per heavy atom. The van der Waals surface area contributed by atoms with E-state index in [-0.39, 0.29) is 18.0 Å². The van der Waals surface area contributed by atoms with E-state index in [1.807, 2.05) is 26.0 Å². The third kappa shape index (κ3) is 4.59. The predicted molar refractivity (Wildman–Crippen MR) is 112 cm³/mol. The van der Waals surface area contributed by atoms with Gasteiger partial charge in [0.05, 0.1) is 11.0 Å². The summed E-state index contributed by atoms with van der Waals surface area (Å²) < 4.78 is 1.54. The van der Waals surface area contributed by atoms with Crippen molar-refractivity contribution in [2.24, 2.45) is 0 Å². The first-order valence-corrected chi connectivity index (χ1v) is 10.1. The molecule has 0 bridgehead atoms. The molecule has 0 radical (unpaired) electrons. The number of fused-ring (bicyclic) bond motifs is 1. The van der Waals surface area contributed by atoms with Crippen molar-refractivity contribution in [3.8, 4) is 0 Å². The van der Waals surface area contributed by atoms with E-state index < -0.39 is 0 Å². The Balaban J connectivity index is 1.64. The molecule has 152 valence electrons. The quantitative estimate of drug-likeness (QED) is 0.806. The lowest BCUT2D eigenvalue weighted by atomic mass is 10.1. The number of hydrogen-bond donors (Lipinski definition) is 1. The zero-order valence-corrected chi connectivity index (χ0v) is 17.4. The molecule has 7 heteroatoms. The van der Waals surface area contributed by atoms with Crippen LogP contribution in [0.1, 0.15) is 23.7 Å². The zero-order chi connectivity index (χ0) is 20.3. The van der Waals surface area contributed by atoms with Crippen LogP contribution in [-0.2, 0) is 11.3 Å². The number of nitrogens with zero attached hydrogens (tertiary/aromatic N) is 4. The lowest BCUT2D eigenvalue weighted by molar-refractivity contribution is -0.121. The van der Waals surface area contributed by atoms with E-state index in [4.69, 9.17) is 0 Å². The van der Waals surface area contributed by atoms with Gasteiger partial charge in [-0.25, -0.2) is 4.98 Å². The average Bonchev–Trinajstić information content (AvgIpc) is 2.68. The summed E-state index contributed by atoms with van der Waals surface area (Å²) in [5.74, 6) is -0.139. The fourth-order valence-electron chi connectivity index (χ4n) is 3.66. The molecule has 1 aromatic heterocycles. The molecule has 1 fully saturated rings. The Kier molecular flexibility index (Phi) is 6.46. The van der Waals surface area contributed by atoms with Gasteiger partial charge in [0.1, 0.15) is 12.2 Å². The number of aryl methyl sites for hydroxylation is 3. The Morgan fingerprint density at radius 1 is 1.07 bits per heavy atom. The third-order valence-corrected chi connectivity index (χ3v) is 5.69. The first-order chi connectivity index (χ1) is 13.4. The second-order valence-electron chi connectivity index (χ2n) is 7.64. The summed E-state index contributed by atoms with van der Waals surface area (Å²) in [5, 5.41) is 2.97. The number of likely N-dealkylation sites (N-methyl/N-ethyl adjacent to an activating group) is 1. The van der Waals surface area contributed by atoms with Gasteiger partial charge in [-0.05, 0) is 50.6 Å². The van der Waals surface area contributed by atoms with Crippen LogP contribution >= 0.6 is 0 Å². The second kappa shape index (κ2) is 8.84. The number of aromatic nitrogens is 2. The van der Waals surface area contributed by atoms with E-state index in [0.29, 0.717) is 17.8 Å². The van der Waals surface area contributed by atoms with Crippen molar-refractivity contribution in [2.45, 2.75) is 34.2 Å². The van der Waals surface area contributed by atoms with Crippen LogP contribution in [0.25, 0.3) is 11.0 Å². The van der Waals surface area contributed by atoms with Gasteiger partial charge in [-0.2, -0.15) is 0 Å². The zero-order valence-electron chi connectivity index (χ0n) is 17.4. The van der Waals surface area contributed by atoms with E-state index >= 15 is 0 Å². The molecule has 2 aromatic rings. The Hall–Kier alpha value is -2.25. The highest BCUT2D eigenvalue weighted by atomic mass is 16.2. The van der Waals surface area contributed by atoms with Gasteiger partial charge < -0.3 is 10.2 Å². The van der Waals surface area contributed by atoms with Crippen molar-refractivity contribution >= 4 is 16.9 Å². The standard InChI is InChI=1S/C21H31N5O2/c1-5-24-8-10-25(11-9-24)7-6-22-20(27)14-26-19-13-16(3)15(2)12-18(19)23-17(4)21(26)28/h12-13H,5-11,14H2,1-4H3,(H,22,27). The Bertz CT molecular complexity index is 913. The smallest absolute Gasteiger partial charge is 0.272 e. The molecule has 7 nitrogen and oxygen atoms in total. The van der Waals surface area contributed by atoms with Crippen LogP contribution in [0.4, 0.5) is 0 Å². The van der Waals surface area contributed by atoms with Crippen molar-refractivity contribution in [2.75, 3.05) is 45.8 Å². The number of benzene rings is 1. The van der Waals surface area contributed by atoms with Gasteiger partial charge in [0.25, 0.3) is 5.56 Å². The molecule has 28 heavy (non-hydrogen) atoms. The van der Waals surface area contributed by atoms with E-state index in [1.54, 1.807) is 11.5 Å². The summed E-state index contributed by atoms with van der Waals surface area (Å²) in [5.41, 5.74) is 3.88. The molecule has 1 aliphatic heterocycles. The van der Waals surface area contributed by atoms with Crippen molar-refractivity contribution in [3.05, 3.63) is 39.3 Å². The molecule has 1 saturated heterocycles. The van der Waals surface area contributed by atoms with Gasteiger partial charge in [0.2, 0.25) is 5.91 Å². The largest absolute Gasteiger partial charge is 0.353 e. The van der Waals surface area contributed by atoms with Gasteiger partial charge in [-0.1, -0.05) is 6.92 Å². The minimum absolute atomic E-state index is 0.0187. The molecular formula is C21H31N5O2. The number of hydrogen-bond acceptors (Lipinski definition) is 5. The summed E-state index contributed by atoms with van der Waals surface area (Å²) in [6.07, 6.45) is 0. The van der Waals surface area contributed by atoms with Gasteiger partial charge >= 0.3 is 0 Å². The van der Waals surface area contributed by atoms with Crippen molar-refractivity contribution in [1.29, 1.82) is 0 Å². The summed E-state index contributed by atoms with van der Waals surface area (Å²) >= 11 is 0. The highest BCUT2D eigenvalue weighted by molar-refractivity contribution is 5.81. The van der Waals surface area contributed by atoms with Gasteiger partial charge in [0.15, 0.2) is 0 Å². The molecule has 1 N–H and O–H groups in total. The summed E-state index contributed by atoms with van der Waals surface area (Å²) in [4.78, 5) is 34.3. The van der Waals surface area contributed by atoms with Crippen LogP contribution in [0.15, 0.2) is 16.9 Å². The lowest BCUT2D eigenvalue weighted by Gasteiger charge is -2.33. The molecule has 0 aliphatic carbocycles. The maximum atomic E-state index is 12.6. The molecule has 2 heterocycles. The average molecular weight is 386 g/mol. The summed E-state index contributed by atoms with van der Waals surface area (Å²) in [6, 6.07) is 3.92. The molecule has 0 unspecified atom stereocenters. The highest BCUT2D eigenvalue weighted by Crippen LogP contribution is 2.17. The second-order valence-corrected chi connectivity index (χ2v) is 7.64. The third-order valence-electron chi connectivity index (χ3n) is 5.69. The molecule has 0 saturated carbocycles. The van der Waals surface area contributed by atoms with Crippen molar-refractivity contribution in [3.63, 3.8) is 0 Å². The normalized spacial score (nSPS) is 15.9.